The minimum Gasteiger partial charge on any atom is -0.339 e. The van der Waals surface area contributed by atoms with Gasteiger partial charge in [0.1, 0.15) is 0 Å². The van der Waals surface area contributed by atoms with Crippen LogP contribution in [0.3, 0.4) is 0 Å². The molecule has 0 radical (unpaired) electrons. The molecule has 20 heavy (non-hydrogen) atoms. The molecule has 2 N–H and O–H groups in total. The maximum Gasteiger partial charge on any atom is 0.232 e. The van der Waals surface area contributed by atoms with Crippen LogP contribution in [0.5, 0.6) is 0 Å². The first kappa shape index (κ1) is 15.4. The standard InChI is InChI=1S/C15H28N4O/c1-11(2)19-9-6-7-15(16,8-10-19)12-17-13(20-18-12)14(3,4)5/h11H,6-10,16H2,1-5H3. The van der Waals surface area contributed by atoms with Gasteiger partial charge < -0.3 is 15.2 Å². The second kappa shape index (κ2) is 5.45. The van der Waals surface area contributed by atoms with E-state index in [9.17, 15) is 0 Å². The highest BCUT2D eigenvalue weighted by molar-refractivity contribution is 5.08. The van der Waals surface area contributed by atoms with Gasteiger partial charge in [-0.1, -0.05) is 25.9 Å². The van der Waals surface area contributed by atoms with Crippen LogP contribution in [0.1, 0.15) is 65.6 Å². The summed E-state index contributed by atoms with van der Waals surface area (Å²) in [5, 5.41) is 4.16. The molecule has 1 atom stereocenters. The predicted molar refractivity (Wildman–Crippen MR) is 79.4 cm³/mol. The zero-order valence-electron chi connectivity index (χ0n) is 13.4. The highest BCUT2D eigenvalue weighted by Crippen LogP contribution is 2.30. The van der Waals surface area contributed by atoms with E-state index in [1.165, 1.54) is 0 Å². The third-order valence-electron chi connectivity index (χ3n) is 4.16. The minimum absolute atomic E-state index is 0.129. The van der Waals surface area contributed by atoms with Crippen LogP contribution in [-0.2, 0) is 11.0 Å². The smallest absolute Gasteiger partial charge is 0.232 e. The molecule has 1 saturated heterocycles. The van der Waals surface area contributed by atoms with E-state index in [4.69, 9.17) is 10.3 Å². The molecule has 2 heterocycles. The van der Waals surface area contributed by atoms with Crippen molar-refractivity contribution in [3.8, 4) is 0 Å². The molecule has 5 nitrogen and oxygen atoms in total. The lowest BCUT2D eigenvalue weighted by atomic mass is 9.90. The van der Waals surface area contributed by atoms with Crippen LogP contribution in [0.2, 0.25) is 0 Å². The Hall–Kier alpha value is -0.940. The van der Waals surface area contributed by atoms with Gasteiger partial charge in [-0.25, -0.2) is 0 Å². The molecule has 0 saturated carbocycles. The van der Waals surface area contributed by atoms with E-state index in [2.05, 4.69) is 49.7 Å². The lowest BCUT2D eigenvalue weighted by Gasteiger charge is -2.26. The number of nitrogens with two attached hydrogens (primary N) is 1. The summed E-state index contributed by atoms with van der Waals surface area (Å²) in [5.74, 6) is 1.34. The van der Waals surface area contributed by atoms with Gasteiger partial charge in [-0.15, -0.1) is 0 Å². The number of rotatable bonds is 2. The van der Waals surface area contributed by atoms with Crippen LogP contribution in [-0.4, -0.2) is 34.2 Å². The first-order valence-electron chi connectivity index (χ1n) is 7.60. The summed E-state index contributed by atoms with van der Waals surface area (Å²) in [6, 6.07) is 0.563. The van der Waals surface area contributed by atoms with Crippen LogP contribution in [0.15, 0.2) is 4.52 Å². The summed E-state index contributed by atoms with van der Waals surface area (Å²) >= 11 is 0. The van der Waals surface area contributed by atoms with Gasteiger partial charge in [0.05, 0.1) is 5.54 Å². The summed E-state index contributed by atoms with van der Waals surface area (Å²) in [5.41, 5.74) is 6.01. The van der Waals surface area contributed by atoms with Crippen LogP contribution < -0.4 is 5.73 Å². The van der Waals surface area contributed by atoms with Crippen LogP contribution >= 0.6 is 0 Å². The van der Waals surface area contributed by atoms with Gasteiger partial charge in [0.2, 0.25) is 5.89 Å². The van der Waals surface area contributed by atoms with E-state index in [0.29, 0.717) is 17.8 Å². The number of hydrogen-bond donors (Lipinski definition) is 1. The molecule has 114 valence electrons. The second-order valence-corrected chi connectivity index (χ2v) is 7.31. The molecule has 0 amide bonds. The molecule has 5 heteroatoms. The Kier molecular flexibility index (Phi) is 4.21. The topological polar surface area (TPSA) is 68.2 Å². The van der Waals surface area contributed by atoms with Crippen molar-refractivity contribution in [2.75, 3.05) is 13.1 Å². The summed E-state index contributed by atoms with van der Waals surface area (Å²) in [7, 11) is 0. The van der Waals surface area contributed by atoms with Gasteiger partial charge in [0.15, 0.2) is 5.82 Å². The number of likely N-dealkylation sites (tertiary alicyclic amines) is 1. The molecule has 1 fully saturated rings. The third-order valence-corrected chi connectivity index (χ3v) is 4.16. The molecule has 0 bridgehead atoms. The zero-order chi connectivity index (χ0) is 15.0. The number of aromatic nitrogens is 2. The Labute approximate surface area is 121 Å². The zero-order valence-corrected chi connectivity index (χ0v) is 13.4. The van der Waals surface area contributed by atoms with Crippen molar-refractivity contribution in [3.05, 3.63) is 11.7 Å². The van der Waals surface area contributed by atoms with Crippen LogP contribution in [0, 0.1) is 0 Å². The summed E-state index contributed by atoms with van der Waals surface area (Å²) in [6.07, 6.45) is 2.88. The van der Waals surface area contributed by atoms with Crippen molar-refractivity contribution in [1.82, 2.24) is 15.0 Å². The molecule has 1 aromatic rings. The normalized spacial score (nSPS) is 25.9. The van der Waals surface area contributed by atoms with Crippen molar-refractivity contribution < 1.29 is 4.52 Å². The Balaban J connectivity index is 2.16. The molecule has 1 aromatic heterocycles. The van der Waals surface area contributed by atoms with Crippen LogP contribution in [0.25, 0.3) is 0 Å². The molecule has 0 spiro atoms. The summed E-state index contributed by atoms with van der Waals surface area (Å²) in [6.45, 7) is 12.8. The molecular formula is C15H28N4O. The molecular weight excluding hydrogens is 252 g/mol. The average Bonchev–Trinajstić information content (AvgIpc) is 2.75. The van der Waals surface area contributed by atoms with Gasteiger partial charge in [-0.2, -0.15) is 4.98 Å². The maximum absolute atomic E-state index is 6.59. The highest BCUT2D eigenvalue weighted by Gasteiger charge is 2.36. The number of nitrogens with zero attached hydrogens (tertiary/aromatic N) is 3. The van der Waals surface area contributed by atoms with E-state index in [1.807, 2.05) is 0 Å². The van der Waals surface area contributed by atoms with Gasteiger partial charge in [-0.3, -0.25) is 0 Å². The van der Waals surface area contributed by atoms with E-state index in [1.54, 1.807) is 0 Å². The van der Waals surface area contributed by atoms with Crippen molar-refractivity contribution >= 4 is 0 Å². The Morgan fingerprint density at radius 3 is 2.50 bits per heavy atom. The van der Waals surface area contributed by atoms with Crippen LogP contribution in [0.4, 0.5) is 0 Å². The second-order valence-electron chi connectivity index (χ2n) is 7.31. The quantitative estimate of drug-likeness (QED) is 0.901. The molecule has 0 aromatic carbocycles. The fourth-order valence-corrected chi connectivity index (χ4v) is 2.65. The van der Waals surface area contributed by atoms with Crippen molar-refractivity contribution in [2.24, 2.45) is 5.73 Å². The fraction of sp³-hybridized carbons (Fsp3) is 0.867. The fourth-order valence-electron chi connectivity index (χ4n) is 2.65. The molecule has 1 unspecified atom stereocenters. The predicted octanol–water partition coefficient (Wildman–Crippen LogP) is 2.42. The molecule has 1 aliphatic heterocycles. The maximum atomic E-state index is 6.59. The first-order valence-corrected chi connectivity index (χ1v) is 7.60. The molecule has 1 aliphatic rings. The van der Waals surface area contributed by atoms with Crippen molar-refractivity contribution in [3.63, 3.8) is 0 Å². The average molecular weight is 280 g/mol. The Morgan fingerprint density at radius 1 is 1.25 bits per heavy atom. The number of hydrogen-bond acceptors (Lipinski definition) is 5. The van der Waals surface area contributed by atoms with Gasteiger partial charge in [0, 0.05) is 18.0 Å². The Bertz CT molecular complexity index is 449. The monoisotopic (exact) mass is 280 g/mol. The molecule has 0 aliphatic carbocycles. The van der Waals surface area contributed by atoms with Gasteiger partial charge >= 0.3 is 0 Å². The molecule has 2 rings (SSSR count). The lowest BCUT2D eigenvalue weighted by Crippen LogP contribution is -2.40. The SMILES string of the molecule is CC(C)N1CCCC(N)(c2noc(C(C)(C)C)n2)CC1. The lowest BCUT2D eigenvalue weighted by molar-refractivity contribution is 0.223. The van der Waals surface area contributed by atoms with Gasteiger partial charge in [0.25, 0.3) is 0 Å². The van der Waals surface area contributed by atoms with Crippen molar-refractivity contribution in [2.45, 2.75) is 70.9 Å². The van der Waals surface area contributed by atoms with E-state index in [0.717, 1.165) is 32.4 Å². The van der Waals surface area contributed by atoms with E-state index in [-0.39, 0.29) is 5.41 Å². The summed E-state index contributed by atoms with van der Waals surface area (Å²) < 4.78 is 5.41. The van der Waals surface area contributed by atoms with Crippen molar-refractivity contribution in [1.29, 1.82) is 0 Å². The largest absolute Gasteiger partial charge is 0.339 e. The van der Waals surface area contributed by atoms with E-state index < -0.39 is 5.54 Å². The third kappa shape index (κ3) is 3.20. The Morgan fingerprint density at radius 2 is 1.95 bits per heavy atom. The van der Waals surface area contributed by atoms with E-state index >= 15 is 0 Å². The highest BCUT2D eigenvalue weighted by atomic mass is 16.5. The summed E-state index contributed by atoms with van der Waals surface area (Å²) in [4.78, 5) is 7.04. The first-order chi connectivity index (χ1) is 9.22. The minimum atomic E-state index is -0.448. The van der Waals surface area contributed by atoms with Gasteiger partial charge in [-0.05, 0) is 39.7 Å².